The standard InChI is InChI=1S/C13H9BrF3NO5S/c1-22-12(19)10-4-5-11(23-10)24(20,21)18-7-2-3-9(14)8(6-7)13(15,16)17/h2-6,18H,1H3. The van der Waals surface area contributed by atoms with Gasteiger partial charge in [0.1, 0.15) is 0 Å². The quantitative estimate of drug-likeness (QED) is 0.752. The number of sulfonamides is 1. The Labute approximate surface area is 142 Å². The number of hydrogen-bond donors (Lipinski definition) is 1. The highest BCUT2D eigenvalue weighted by molar-refractivity contribution is 9.10. The molecule has 0 bridgehead atoms. The van der Waals surface area contributed by atoms with Crippen LogP contribution in [0.4, 0.5) is 18.9 Å². The maximum Gasteiger partial charge on any atom is 0.417 e. The molecule has 0 aliphatic rings. The molecule has 0 amide bonds. The van der Waals surface area contributed by atoms with Crippen LogP contribution >= 0.6 is 15.9 Å². The Bertz CT molecular complexity index is 876. The predicted molar refractivity (Wildman–Crippen MR) is 80.0 cm³/mol. The molecule has 0 atom stereocenters. The van der Waals surface area contributed by atoms with Crippen LogP contribution in [-0.4, -0.2) is 21.5 Å². The first-order chi connectivity index (χ1) is 11.0. The highest BCUT2D eigenvalue weighted by atomic mass is 79.9. The van der Waals surface area contributed by atoms with Crippen molar-refractivity contribution in [2.75, 3.05) is 11.8 Å². The molecule has 2 aromatic rings. The van der Waals surface area contributed by atoms with Crippen LogP contribution in [0, 0.1) is 0 Å². The fourth-order valence-electron chi connectivity index (χ4n) is 1.69. The van der Waals surface area contributed by atoms with E-state index in [1.165, 1.54) is 0 Å². The Hall–Kier alpha value is -2.01. The number of nitrogens with one attached hydrogen (secondary N) is 1. The second-order valence-corrected chi connectivity index (χ2v) is 6.88. The van der Waals surface area contributed by atoms with E-state index >= 15 is 0 Å². The number of methoxy groups -OCH3 is 1. The monoisotopic (exact) mass is 427 g/mol. The molecule has 1 N–H and O–H groups in total. The second-order valence-electron chi connectivity index (χ2n) is 4.41. The van der Waals surface area contributed by atoms with Gasteiger partial charge in [-0.15, -0.1) is 0 Å². The van der Waals surface area contributed by atoms with Crippen molar-refractivity contribution in [3.8, 4) is 0 Å². The first kappa shape index (κ1) is 18.3. The van der Waals surface area contributed by atoms with Gasteiger partial charge in [-0.25, -0.2) is 4.79 Å². The number of furan rings is 1. The van der Waals surface area contributed by atoms with Gasteiger partial charge >= 0.3 is 12.1 Å². The van der Waals surface area contributed by atoms with E-state index in [9.17, 15) is 26.4 Å². The first-order valence-corrected chi connectivity index (χ1v) is 8.40. The van der Waals surface area contributed by atoms with Crippen LogP contribution in [0.1, 0.15) is 16.1 Å². The summed E-state index contributed by atoms with van der Waals surface area (Å²) in [5.74, 6) is -1.25. The molecule has 0 fully saturated rings. The Morgan fingerprint density at radius 3 is 2.50 bits per heavy atom. The molecule has 0 saturated carbocycles. The third-order valence-corrected chi connectivity index (χ3v) is 4.70. The number of rotatable bonds is 4. The number of ether oxygens (including phenoxy) is 1. The zero-order valence-electron chi connectivity index (χ0n) is 11.8. The minimum atomic E-state index is -4.66. The van der Waals surface area contributed by atoms with Gasteiger partial charge in [-0.2, -0.15) is 21.6 Å². The summed E-state index contributed by atoms with van der Waals surface area (Å²) in [5.41, 5.74) is -1.36. The van der Waals surface area contributed by atoms with Crippen molar-refractivity contribution in [1.82, 2.24) is 0 Å². The topological polar surface area (TPSA) is 85.6 Å². The van der Waals surface area contributed by atoms with E-state index in [-0.39, 0.29) is 15.9 Å². The molecule has 6 nitrogen and oxygen atoms in total. The van der Waals surface area contributed by atoms with Crippen molar-refractivity contribution < 1.29 is 35.5 Å². The van der Waals surface area contributed by atoms with Gasteiger partial charge < -0.3 is 9.15 Å². The van der Waals surface area contributed by atoms with Gasteiger partial charge in [-0.3, -0.25) is 4.72 Å². The number of alkyl halides is 3. The summed E-state index contributed by atoms with van der Waals surface area (Å²) in [6.45, 7) is 0. The zero-order chi connectivity index (χ0) is 18.1. The van der Waals surface area contributed by atoms with E-state index in [4.69, 9.17) is 4.42 Å². The molecule has 1 aromatic heterocycles. The number of anilines is 1. The van der Waals surface area contributed by atoms with Crippen LogP contribution < -0.4 is 4.72 Å². The maximum atomic E-state index is 12.8. The molecule has 2 rings (SSSR count). The molecule has 24 heavy (non-hydrogen) atoms. The molecule has 0 aliphatic heterocycles. The minimum Gasteiger partial charge on any atom is -0.463 e. The van der Waals surface area contributed by atoms with Crippen molar-refractivity contribution in [2.45, 2.75) is 11.3 Å². The molecule has 0 saturated heterocycles. The van der Waals surface area contributed by atoms with Crippen LogP contribution in [0.25, 0.3) is 0 Å². The van der Waals surface area contributed by atoms with E-state index in [0.29, 0.717) is 6.07 Å². The van der Waals surface area contributed by atoms with Crippen LogP contribution in [0.2, 0.25) is 0 Å². The zero-order valence-corrected chi connectivity index (χ0v) is 14.3. The van der Waals surface area contributed by atoms with Crippen molar-refractivity contribution in [1.29, 1.82) is 0 Å². The molecule has 0 unspecified atom stereocenters. The lowest BCUT2D eigenvalue weighted by atomic mass is 10.2. The summed E-state index contributed by atoms with van der Waals surface area (Å²) >= 11 is 2.75. The molecular weight excluding hydrogens is 419 g/mol. The minimum absolute atomic E-state index is 0.232. The van der Waals surface area contributed by atoms with Gasteiger partial charge in [0.15, 0.2) is 0 Å². The summed E-state index contributed by atoms with van der Waals surface area (Å²) in [4.78, 5) is 11.2. The van der Waals surface area contributed by atoms with Crippen LogP contribution in [-0.2, 0) is 20.9 Å². The summed E-state index contributed by atoms with van der Waals surface area (Å²) < 4.78 is 73.7. The molecule has 0 spiro atoms. The lowest BCUT2D eigenvalue weighted by molar-refractivity contribution is -0.138. The van der Waals surface area contributed by atoms with Gasteiger partial charge in [0, 0.05) is 10.2 Å². The van der Waals surface area contributed by atoms with Crippen LogP contribution in [0.5, 0.6) is 0 Å². The van der Waals surface area contributed by atoms with Crippen LogP contribution in [0.15, 0.2) is 44.3 Å². The van der Waals surface area contributed by atoms with E-state index in [1.54, 1.807) is 0 Å². The summed E-state index contributed by atoms with van der Waals surface area (Å²) in [6.07, 6.45) is -4.66. The highest BCUT2D eigenvalue weighted by Crippen LogP contribution is 2.36. The van der Waals surface area contributed by atoms with Gasteiger partial charge in [0.25, 0.3) is 10.0 Å². The van der Waals surface area contributed by atoms with Crippen LogP contribution in [0.3, 0.4) is 0 Å². The Balaban J connectivity index is 2.33. The third-order valence-electron chi connectivity index (χ3n) is 2.76. The average molecular weight is 428 g/mol. The summed E-state index contributed by atoms with van der Waals surface area (Å²) in [5, 5.41) is -0.639. The van der Waals surface area contributed by atoms with Gasteiger partial charge in [-0.05, 0) is 30.3 Å². The van der Waals surface area contributed by atoms with Crippen molar-refractivity contribution in [3.63, 3.8) is 0 Å². The fraction of sp³-hybridized carbons (Fsp3) is 0.154. The smallest absolute Gasteiger partial charge is 0.417 e. The lowest BCUT2D eigenvalue weighted by Gasteiger charge is -2.12. The lowest BCUT2D eigenvalue weighted by Crippen LogP contribution is -2.14. The van der Waals surface area contributed by atoms with E-state index in [0.717, 1.165) is 31.4 Å². The SMILES string of the molecule is COC(=O)c1ccc(S(=O)(=O)Nc2ccc(Br)c(C(F)(F)F)c2)o1. The largest absolute Gasteiger partial charge is 0.463 e. The average Bonchev–Trinajstić information content (AvgIpc) is 2.98. The Morgan fingerprint density at radius 2 is 1.92 bits per heavy atom. The third kappa shape index (κ3) is 3.90. The van der Waals surface area contributed by atoms with Crippen molar-refractivity contribution >= 4 is 37.6 Å². The first-order valence-electron chi connectivity index (χ1n) is 6.12. The Kier molecular flexibility index (Phi) is 4.95. The predicted octanol–water partition coefficient (Wildman–Crippen LogP) is 3.65. The number of benzene rings is 1. The molecule has 11 heteroatoms. The Morgan fingerprint density at radius 1 is 1.25 bits per heavy atom. The molecule has 0 radical (unpaired) electrons. The van der Waals surface area contributed by atoms with Crippen molar-refractivity contribution in [2.24, 2.45) is 0 Å². The number of carbonyl (C=O) groups excluding carboxylic acids is 1. The number of carbonyl (C=O) groups is 1. The number of esters is 1. The number of hydrogen-bond acceptors (Lipinski definition) is 5. The molecule has 130 valence electrons. The van der Waals surface area contributed by atoms with Crippen molar-refractivity contribution in [3.05, 3.63) is 46.1 Å². The second kappa shape index (κ2) is 6.48. The molecule has 1 heterocycles. The van der Waals surface area contributed by atoms with Gasteiger partial charge in [0.05, 0.1) is 12.7 Å². The van der Waals surface area contributed by atoms with E-state index in [2.05, 4.69) is 20.7 Å². The fourth-order valence-corrected chi connectivity index (χ4v) is 3.14. The normalized spacial score (nSPS) is 12.0. The van der Waals surface area contributed by atoms with E-state index in [1.807, 2.05) is 4.72 Å². The van der Waals surface area contributed by atoms with Gasteiger partial charge in [-0.1, -0.05) is 15.9 Å². The molecular formula is C13H9BrF3NO5S. The number of halogens is 4. The van der Waals surface area contributed by atoms with Gasteiger partial charge in [0.2, 0.25) is 10.9 Å². The summed E-state index contributed by atoms with van der Waals surface area (Å²) in [7, 11) is -3.24. The maximum absolute atomic E-state index is 12.8. The van der Waals surface area contributed by atoms with E-state index < -0.39 is 32.8 Å². The summed E-state index contributed by atoms with van der Waals surface area (Å²) in [6, 6.07) is 4.89. The molecule has 0 aliphatic carbocycles. The highest BCUT2D eigenvalue weighted by Gasteiger charge is 2.33. The molecule has 1 aromatic carbocycles.